The average molecular weight is 329 g/mol. The van der Waals surface area contributed by atoms with E-state index in [9.17, 15) is 8.42 Å². The number of hydrogen-bond acceptors (Lipinski definition) is 2. The molecule has 0 amide bonds. The predicted molar refractivity (Wildman–Crippen MR) is 93.1 cm³/mol. The van der Waals surface area contributed by atoms with Crippen LogP contribution < -0.4 is 4.72 Å². The third kappa shape index (κ3) is 3.33. The normalized spacial score (nSPS) is 15.4. The summed E-state index contributed by atoms with van der Waals surface area (Å²) in [5, 5.41) is 0. The zero-order valence-corrected chi connectivity index (χ0v) is 14.7. The third-order valence-electron chi connectivity index (χ3n) is 4.59. The zero-order valence-electron chi connectivity index (χ0n) is 13.9. The first-order valence-corrected chi connectivity index (χ1v) is 9.56. The van der Waals surface area contributed by atoms with E-state index in [1.807, 2.05) is 39.0 Å². The Morgan fingerprint density at radius 1 is 1.00 bits per heavy atom. The highest BCUT2D eigenvalue weighted by Gasteiger charge is 2.21. The fourth-order valence-electron chi connectivity index (χ4n) is 3.22. The molecule has 0 aliphatic heterocycles. The molecule has 2 aromatic rings. The van der Waals surface area contributed by atoms with Crippen LogP contribution in [0.25, 0.3) is 0 Å². The second-order valence-electron chi connectivity index (χ2n) is 6.49. The van der Waals surface area contributed by atoms with Gasteiger partial charge in [-0.2, -0.15) is 0 Å². The average Bonchev–Trinajstić information content (AvgIpc) is 2.96. The minimum atomic E-state index is -3.52. The number of fused-ring (bicyclic) bond motifs is 1. The highest BCUT2D eigenvalue weighted by Crippen LogP contribution is 2.26. The van der Waals surface area contributed by atoms with E-state index >= 15 is 0 Å². The fraction of sp³-hybridized carbons (Fsp3) is 0.368. The predicted octanol–water partition coefficient (Wildman–Crippen LogP) is 3.83. The summed E-state index contributed by atoms with van der Waals surface area (Å²) in [7, 11) is -3.52. The monoisotopic (exact) mass is 329 g/mol. The van der Waals surface area contributed by atoms with E-state index < -0.39 is 10.0 Å². The largest absolute Gasteiger partial charge is 0.241 e. The Morgan fingerprint density at radius 2 is 1.74 bits per heavy atom. The van der Waals surface area contributed by atoms with Crippen LogP contribution in [0.15, 0.2) is 41.3 Å². The Hall–Kier alpha value is -1.65. The summed E-state index contributed by atoms with van der Waals surface area (Å²) in [5.41, 5.74) is 5.50. The highest BCUT2D eigenvalue weighted by molar-refractivity contribution is 7.89. The van der Waals surface area contributed by atoms with Crippen LogP contribution >= 0.6 is 0 Å². The summed E-state index contributed by atoms with van der Waals surface area (Å²) in [6.45, 7) is 5.63. The summed E-state index contributed by atoms with van der Waals surface area (Å²) >= 11 is 0. The van der Waals surface area contributed by atoms with E-state index in [-0.39, 0.29) is 6.04 Å². The number of rotatable bonds is 4. The fourth-order valence-corrected chi connectivity index (χ4v) is 4.78. The summed E-state index contributed by atoms with van der Waals surface area (Å²) in [4.78, 5) is 0.366. The Morgan fingerprint density at radius 3 is 2.52 bits per heavy atom. The Bertz CT molecular complexity index is 840. The van der Waals surface area contributed by atoms with Crippen LogP contribution in [-0.4, -0.2) is 8.42 Å². The van der Waals surface area contributed by atoms with E-state index in [0.717, 1.165) is 29.5 Å². The van der Waals surface area contributed by atoms with Crippen molar-refractivity contribution in [3.05, 3.63) is 64.2 Å². The molecule has 23 heavy (non-hydrogen) atoms. The molecule has 3 nitrogen and oxygen atoms in total. The molecular weight excluding hydrogens is 306 g/mol. The van der Waals surface area contributed by atoms with Crippen LogP contribution in [0.2, 0.25) is 0 Å². The van der Waals surface area contributed by atoms with Crippen molar-refractivity contribution in [1.82, 2.24) is 4.72 Å². The van der Waals surface area contributed by atoms with Gasteiger partial charge in [0.1, 0.15) is 0 Å². The van der Waals surface area contributed by atoms with E-state index in [2.05, 4.69) is 16.9 Å². The van der Waals surface area contributed by atoms with Crippen molar-refractivity contribution in [2.75, 3.05) is 0 Å². The molecule has 1 N–H and O–H groups in total. The molecule has 1 aliphatic carbocycles. The second kappa shape index (κ2) is 6.10. The molecule has 1 unspecified atom stereocenters. The molecule has 0 spiro atoms. The highest BCUT2D eigenvalue weighted by atomic mass is 32.2. The Labute approximate surface area is 138 Å². The molecule has 3 rings (SSSR count). The van der Waals surface area contributed by atoms with Gasteiger partial charge in [-0.3, -0.25) is 0 Å². The first kappa shape index (κ1) is 16.2. The van der Waals surface area contributed by atoms with Crippen molar-refractivity contribution in [3.63, 3.8) is 0 Å². The standard InChI is InChI=1S/C19H23NO2S/c1-13-7-8-14(2)19(11-13)23(21,22)20-15(3)17-10-9-16-5-4-6-18(16)12-17/h7-12,15,20H,4-6H2,1-3H3. The van der Waals surface area contributed by atoms with Crippen LogP contribution in [0, 0.1) is 13.8 Å². The Kier molecular flexibility index (Phi) is 4.30. The van der Waals surface area contributed by atoms with Crippen molar-refractivity contribution >= 4 is 10.0 Å². The van der Waals surface area contributed by atoms with Crippen LogP contribution in [0.5, 0.6) is 0 Å². The number of benzene rings is 2. The molecule has 0 aromatic heterocycles. The molecule has 0 bridgehead atoms. The van der Waals surface area contributed by atoms with Crippen molar-refractivity contribution in [1.29, 1.82) is 0 Å². The summed E-state index contributed by atoms with van der Waals surface area (Å²) in [6.07, 6.45) is 3.43. The number of hydrogen-bond donors (Lipinski definition) is 1. The van der Waals surface area contributed by atoms with Crippen molar-refractivity contribution in [3.8, 4) is 0 Å². The van der Waals surface area contributed by atoms with Gasteiger partial charge in [0.15, 0.2) is 0 Å². The van der Waals surface area contributed by atoms with Crippen LogP contribution in [0.1, 0.15) is 47.2 Å². The molecule has 0 heterocycles. The van der Waals surface area contributed by atoms with E-state index in [4.69, 9.17) is 0 Å². The van der Waals surface area contributed by atoms with Gasteiger partial charge in [-0.1, -0.05) is 30.3 Å². The minimum Gasteiger partial charge on any atom is -0.207 e. The molecule has 0 radical (unpaired) electrons. The van der Waals surface area contributed by atoms with Gasteiger partial charge in [-0.05, 0) is 73.9 Å². The van der Waals surface area contributed by atoms with Crippen LogP contribution in [-0.2, 0) is 22.9 Å². The zero-order chi connectivity index (χ0) is 16.6. The topological polar surface area (TPSA) is 46.2 Å². The molecular formula is C19H23NO2S. The molecule has 0 fully saturated rings. The van der Waals surface area contributed by atoms with Gasteiger partial charge in [0.05, 0.1) is 4.90 Å². The summed E-state index contributed by atoms with van der Waals surface area (Å²) in [5.74, 6) is 0. The smallest absolute Gasteiger partial charge is 0.207 e. The van der Waals surface area contributed by atoms with E-state index in [0.29, 0.717) is 4.90 Å². The SMILES string of the molecule is Cc1ccc(C)c(S(=O)(=O)NC(C)c2ccc3c(c2)CCC3)c1. The van der Waals surface area contributed by atoms with Gasteiger partial charge in [0, 0.05) is 6.04 Å². The molecule has 1 atom stereocenters. The maximum absolute atomic E-state index is 12.7. The summed E-state index contributed by atoms with van der Waals surface area (Å²) < 4.78 is 28.2. The van der Waals surface area contributed by atoms with Gasteiger partial charge >= 0.3 is 0 Å². The van der Waals surface area contributed by atoms with Gasteiger partial charge < -0.3 is 0 Å². The van der Waals surface area contributed by atoms with Gasteiger partial charge in [-0.15, -0.1) is 0 Å². The second-order valence-corrected chi connectivity index (χ2v) is 8.18. The molecule has 2 aromatic carbocycles. The molecule has 0 saturated heterocycles. The minimum absolute atomic E-state index is 0.245. The Balaban J connectivity index is 1.86. The molecule has 1 aliphatic rings. The van der Waals surface area contributed by atoms with Crippen LogP contribution in [0.4, 0.5) is 0 Å². The van der Waals surface area contributed by atoms with Crippen molar-refractivity contribution in [2.24, 2.45) is 0 Å². The number of aryl methyl sites for hydroxylation is 4. The van der Waals surface area contributed by atoms with Crippen molar-refractivity contribution < 1.29 is 8.42 Å². The lowest BCUT2D eigenvalue weighted by molar-refractivity contribution is 0.566. The number of nitrogens with one attached hydrogen (secondary N) is 1. The first-order chi connectivity index (χ1) is 10.9. The molecule has 0 saturated carbocycles. The number of sulfonamides is 1. The lowest BCUT2D eigenvalue weighted by Crippen LogP contribution is -2.27. The maximum Gasteiger partial charge on any atom is 0.241 e. The van der Waals surface area contributed by atoms with E-state index in [1.165, 1.54) is 17.5 Å². The molecule has 122 valence electrons. The lowest BCUT2D eigenvalue weighted by Gasteiger charge is -2.17. The van der Waals surface area contributed by atoms with Crippen molar-refractivity contribution in [2.45, 2.75) is 51.0 Å². The van der Waals surface area contributed by atoms with Gasteiger partial charge in [-0.25, -0.2) is 13.1 Å². The van der Waals surface area contributed by atoms with E-state index in [1.54, 1.807) is 6.07 Å². The third-order valence-corrected chi connectivity index (χ3v) is 6.27. The lowest BCUT2D eigenvalue weighted by atomic mass is 10.0. The molecule has 4 heteroatoms. The van der Waals surface area contributed by atoms with Crippen LogP contribution in [0.3, 0.4) is 0 Å². The summed E-state index contributed by atoms with van der Waals surface area (Å²) in [6, 6.07) is 11.6. The quantitative estimate of drug-likeness (QED) is 0.926. The van der Waals surface area contributed by atoms with Gasteiger partial charge in [0.25, 0.3) is 0 Å². The maximum atomic E-state index is 12.7. The first-order valence-electron chi connectivity index (χ1n) is 8.08. The van der Waals surface area contributed by atoms with Gasteiger partial charge in [0.2, 0.25) is 10.0 Å².